The lowest BCUT2D eigenvalue weighted by molar-refractivity contribution is -0.0406. The van der Waals surface area contributed by atoms with Crippen molar-refractivity contribution in [3.8, 4) is 0 Å². The molecule has 13 heteroatoms. The number of carbonyl (C=O) groups excluding carboxylic acids is 1. The van der Waals surface area contributed by atoms with Crippen LogP contribution in [0.25, 0.3) is 0 Å². The van der Waals surface area contributed by atoms with Gasteiger partial charge >= 0.3 is 17.5 Å². The highest BCUT2D eigenvalue weighted by Crippen LogP contribution is 2.30. The topological polar surface area (TPSA) is 118 Å². The van der Waals surface area contributed by atoms with E-state index in [1.807, 2.05) is 4.93 Å². The molecule has 0 aromatic heterocycles. The van der Waals surface area contributed by atoms with Crippen molar-refractivity contribution in [2.24, 2.45) is 11.8 Å². The molecule has 0 radical (unpaired) electrons. The summed E-state index contributed by atoms with van der Waals surface area (Å²) in [5.74, 6) is -0.985. The van der Waals surface area contributed by atoms with Crippen molar-refractivity contribution in [2.45, 2.75) is 50.8 Å². The van der Waals surface area contributed by atoms with E-state index in [0.717, 1.165) is 0 Å². The molecule has 3 rings (SSSR count). The molecule has 0 bridgehead atoms. The highest BCUT2D eigenvalue weighted by molar-refractivity contribution is 14.1. The zero-order valence-corrected chi connectivity index (χ0v) is 21.1. The van der Waals surface area contributed by atoms with Crippen molar-refractivity contribution in [1.29, 1.82) is 0 Å². The summed E-state index contributed by atoms with van der Waals surface area (Å²) in [6.07, 6.45) is -3.36. The van der Waals surface area contributed by atoms with Gasteiger partial charge in [-0.3, -0.25) is 17.1 Å². The molecule has 7 atom stereocenters. The van der Waals surface area contributed by atoms with Crippen molar-refractivity contribution < 1.29 is 41.1 Å². The van der Waals surface area contributed by atoms with Crippen molar-refractivity contribution in [3.63, 3.8) is 0 Å². The highest BCUT2D eigenvalue weighted by atomic mass is 127. The summed E-state index contributed by atoms with van der Waals surface area (Å²) in [5, 5.41) is 20.9. The molecule has 3 N–H and O–H groups in total. The van der Waals surface area contributed by atoms with Crippen LogP contribution in [0.3, 0.4) is 0 Å². The molecule has 0 aromatic carbocycles. The predicted octanol–water partition coefficient (Wildman–Crippen LogP) is 1.13. The molecule has 3 aliphatic rings. The van der Waals surface area contributed by atoms with Gasteiger partial charge in [-0.05, 0) is 25.7 Å². The van der Waals surface area contributed by atoms with Crippen LogP contribution < -0.4 is 5.32 Å². The summed E-state index contributed by atoms with van der Waals surface area (Å²) < 4.78 is 51.5. The van der Waals surface area contributed by atoms with E-state index < -0.39 is 72.7 Å². The molecule has 3 aliphatic heterocycles. The Morgan fingerprint density at radius 2 is 1.77 bits per heavy atom. The predicted molar refractivity (Wildman–Crippen MR) is 119 cm³/mol. The van der Waals surface area contributed by atoms with Crippen LogP contribution >= 0.6 is 22.6 Å². The van der Waals surface area contributed by atoms with Gasteiger partial charge in [-0.2, -0.15) is 4.21 Å². The second-order valence-corrected chi connectivity index (χ2v) is 9.12. The lowest BCUT2D eigenvalue weighted by Crippen LogP contribution is -2.54. The van der Waals surface area contributed by atoms with Gasteiger partial charge in [0.2, 0.25) is 0 Å². The van der Waals surface area contributed by atoms with Gasteiger partial charge in [0.05, 0.1) is 32.1 Å². The summed E-state index contributed by atoms with van der Waals surface area (Å²) in [7, 11) is 0. The molecule has 0 aliphatic carbocycles. The number of fused-ring (bicyclic) bond motifs is 1. The molecule has 3 fully saturated rings. The minimum atomic E-state index is -1.86. The molecular formula is C18H33F2IN2O7S. The Balaban J connectivity index is 0.000000337. The summed E-state index contributed by atoms with van der Waals surface area (Å²) in [6, 6.07) is 0. The van der Waals surface area contributed by atoms with Crippen LogP contribution in [0.15, 0.2) is 0 Å². The molecule has 184 valence electrons. The molecule has 0 spiro atoms. The van der Waals surface area contributed by atoms with Gasteiger partial charge in [0, 0.05) is 31.5 Å². The molecule has 3 saturated heterocycles. The van der Waals surface area contributed by atoms with E-state index in [2.05, 4.69) is 27.9 Å². The summed E-state index contributed by atoms with van der Waals surface area (Å²) in [5.41, 5.74) is -0.616. The fourth-order valence-electron chi connectivity index (χ4n) is 3.26. The normalized spacial score (nSPS) is 35.1. The molecule has 9 nitrogen and oxygen atoms in total. The van der Waals surface area contributed by atoms with Crippen LogP contribution in [-0.4, -0.2) is 99.9 Å². The van der Waals surface area contributed by atoms with Gasteiger partial charge in [0.15, 0.2) is 0 Å². The Bertz CT molecular complexity index is 588. The van der Waals surface area contributed by atoms with E-state index in [1.165, 1.54) is 4.90 Å². The molecule has 31 heavy (non-hydrogen) atoms. The molecule has 0 saturated carbocycles. The van der Waals surface area contributed by atoms with Gasteiger partial charge < -0.3 is 25.2 Å². The van der Waals surface area contributed by atoms with Crippen molar-refractivity contribution in [3.05, 3.63) is 0 Å². The van der Waals surface area contributed by atoms with E-state index in [-0.39, 0.29) is 13.1 Å². The highest BCUT2D eigenvalue weighted by Gasteiger charge is 2.47. The van der Waals surface area contributed by atoms with E-state index in [9.17, 15) is 17.8 Å². The number of aliphatic hydroxyl groups is 2. The first-order valence-electron chi connectivity index (χ1n) is 9.86. The Kier molecular flexibility index (Phi) is 12.6. The third kappa shape index (κ3) is 8.93. The van der Waals surface area contributed by atoms with Crippen molar-refractivity contribution >= 4 is 40.0 Å². The Labute approximate surface area is 198 Å². The number of amides is 1. The number of ether oxygens (including phenoxy) is 1. The van der Waals surface area contributed by atoms with Crippen LogP contribution in [0.4, 0.5) is 13.6 Å². The number of hydrogen-bond donors (Lipinski definition) is 3. The number of halogens is 3. The van der Waals surface area contributed by atoms with E-state index >= 15 is 0 Å². The lowest BCUT2D eigenvalue weighted by Gasteiger charge is -2.37. The third-order valence-corrected chi connectivity index (χ3v) is 5.55. The third-order valence-electron chi connectivity index (χ3n) is 4.76. The average molecular weight is 586 g/mol. The fraction of sp³-hybridized carbons (Fsp3) is 0.944. The number of nitrogens with one attached hydrogen (secondary N) is 1. The van der Waals surface area contributed by atoms with E-state index in [4.69, 9.17) is 23.3 Å². The first-order chi connectivity index (χ1) is 14.6. The Hall–Kier alpha value is -0.190. The Morgan fingerprint density at radius 1 is 1.16 bits per heavy atom. The first kappa shape index (κ1) is 28.8. The zero-order valence-electron chi connectivity index (χ0n) is 18.1. The SMILES string of the molecule is CC(C)(C)OC(=O)N1C[C@H](CF)[C@H]2OS(=O)O[C@@H]2C1.CI.O[C@@H]1[C@@H](CF)CNC[C@H]1O. The standard InChI is InChI=1S/C11H18FNO5S.C6H12FNO2.CH3I/c1-11(2,3)16-10(14)13-5-7(4-12)9-8(6-13)17-19(15)18-9;7-1-4-2-8-3-5(9)6(4)10;1-2/h7-9H,4-6H2,1-3H3;4-6,8-10H,1-3H2;1H3/t7-,8+,9+,19?;4-,5+,6+;/m00./s1. The van der Waals surface area contributed by atoms with Gasteiger partial charge in [-0.1, -0.05) is 22.6 Å². The molecule has 1 unspecified atom stereocenters. The number of hydrogen-bond acceptors (Lipinski definition) is 8. The molecular weight excluding hydrogens is 553 g/mol. The first-order valence-corrected chi connectivity index (χ1v) is 13.0. The monoisotopic (exact) mass is 586 g/mol. The number of nitrogens with zero attached hydrogens (tertiary/aromatic N) is 1. The number of carbonyl (C=O) groups is 1. The van der Waals surface area contributed by atoms with Crippen molar-refractivity contribution in [2.75, 3.05) is 44.5 Å². The second kappa shape index (κ2) is 13.5. The average Bonchev–Trinajstić information content (AvgIpc) is 3.10. The van der Waals surface area contributed by atoms with Gasteiger partial charge in [0.1, 0.15) is 17.8 Å². The number of alkyl halides is 3. The largest absolute Gasteiger partial charge is 0.444 e. The van der Waals surface area contributed by atoms with Crippen LogP contribution in [-0.2, 0) is 24.5 Å². The second-order valence-electron chi connectivity index (χ2n) is 8.33. The number of β-amino-alcohol motifs (C(OH)–C–C–N with tert-alkyl or cyclic N) is 1. The van der Waals surface area contributed by atoms with Crippen LogP contribution in [0.2, 0.25) is 0 Å². The van der Waals surface area contributed by atoms with Crippen LogP contribution in [0.1, 0.15) is 20.8 Å². The van der Waals surface area contributed by atoms with Crippen molar-refractivity contribution in [1.82, 2.24) is 10.2 Å². The van der Waals surface area contributed by atoms with Gasteiger partial charge in [-0.15, -0.1) is 0 Å². The molecule has 0 aromatic rings. The van der Waals surface area contributed by atoms with Crippen LogP contribution in [0, 0.1) is 11.8 Å². The van der Waals surface area contributed by atoms with E-state index in [1.54, 1.807) is 20.8 Å². The number of piperidine rings is 2. The van der Waals surface area contributed by atoms with Gasteiger partial charge in [-0.25, -0.2) is 4.79 Å². The number of likely N-dealkylation sites (tertiary alicyclic amines) is 1. The molecule has 1 amide bonds. The minimum Gasteiger partial charge on any atom is -0.444 e. The minimum absolute atomic E-state index is 0.174. The summed E-state index contributed by atoms with van der Waals surface area (Å²) in [6.45, 7) is 5.21. The fourth-order valence-corrected chi connectivity index (χ4v) is 4.14. The number of rotatable bonds is 2. The quantitative estimate of drug-likeness (QED) is 0.326. The van der Waals surface area contributed by atoms with E-state index in [0.29, 0.717) is 13.1 Å². The van der Waals surface area contributed by atoms with Gasteiger partial charge in [0.25, 0.3) is 0 Å². The smallest absolute Gasteiger partial charge is 0.410 e. The Morgan fingerprint density at radius 3 is 2.29 bits per heavy atom. The summed E-state index contributed by atoms with van der Waals surface area (Å²) in [4.78, 5) is 15.3. The number of aliphatic hydroxyl groups excluding tert-OH is 2. The van der Waals surface area contributed by atoms with Crippen LogP contribution in [0.5, 0.6) is 0 Å². The maximum absolute atomic E-state index is 13.0. The molecule has 3 heterocycles. The maximum Gasteiger partial charge on any atom is 0.410 e. The lowest BCUT2D eigenvalue weighted by atomic mass is 9.94. The summed E-state index contributed by atoms with van der Waals surface area (Å²) >= 11 is 0.292. The zero-order chi connectivity index (χ0) is 23.8. The maximum atomic E-state index is 13.0.